The fraction of sp³-hybridized carbons (Fsp3) is 0. The Kier molecular flexibility index (Phi) is 7.15. The van der Waals surface area contributed by atoms with Crippen LogP contribution in [0.25, 0.3) is 33.4 Å². The maximum absolute atomic E-state index is 15.7. The molecule has 0 bridgehead atoms. The molecular weight excluding hydrogens is 725 g/mol. The lowest BCUT2D eigenvalue weighted by Crippen LogP contribution is -2.28. The molecule has 7 aromatic rings. The lowest BCUT2D eigenvalue weighted by atomic mass is 10.0. The summed E-state index contributed by atoms with van der Waals surface area (Å²) >= 11 is 0. The third-order valence-electron chi connectivity index (χ3n) is 9.51. The summed E-state index contributed by atoms with van der Waals surface area (Å²) in [5, 5.41) is 1.20. The van der Waals surface area contributed by atoms with Crippen LogP contribution in [-0.4, -0.2) is 0 Å². The van der Waals surface area contributed by atoms with Gasteiger partial charge in [-0.05, 0) is 60.2 Å². The Bertz CT molecular complexity index is 2800. The van der Waals surface area contributed by atoms with Crippen molar-refractivity contribution in [2.45, 2.75) is 0 Å². The number of benzene rings is 7. The molecule has 0 aromatic heterocycles. The van der Waals surface area contributed by atoms with Crippen molar-refractivity contribution in [3.05, 3.63) is 164 Å². The monoisotopic (exact) mass is 752 g/mol. The molecule has 10 rings (SSSR count). The van der Waals surface area contributed by atoms with Crippen molar-refractivity contribution in [2.24, 2.45) is 0 Å². The summed E-state index contributed by atoms with van der Waals surface area (Å²) in [7, 11) is -12.3. The van der Waals surface area contributed by atoms with Crippen LogP contribution in [0.4, 0.5) is 0 Å². The van der Waals surface area contributed by atoms with Crippen LogP contribution in [0, 0.1) is 0 Å². The van der Waals surface area contributed by atoms with Gasteiger partial charge in [-0.25, -0.2) is 9.13 Å². The first-order chi connectivity index (χ1) is 25.8. The van der Waals surface area contributed by atoms with E-state index >= 15 is 9.13 Å². The zero-order valence-electron chi connectivity index (χ0n) is 27.7. The van der Waals surface area contributed by atoms with E-state index in [1.165, 1.54) is 18.2 Å². The van der Waals surface area contributed by atoms with E-state index in [-0.39, 0.29) is 16.8 Å². The van der Waals surface area contributed by atoms with Gasteiger partial charge in [0, 0.05) is 27.8 Å². The third-order valence-corrected chi connectivity index (χ3v) is 15.7. The van der Waals surface area contributed by atoms with E-state index in [4.69, 9.17) is 22.6 Å². The molecule has 3 aliphatic heterocycles. The zero-order valence-corrected chi connectivity index (χ0v) is 30.4. The number of para-hydroxylation sites is 3. The molecule has 3 heterocycles. The van der Waals surface area contributed by atoms with Crippen LogP contribution in [0.5, 0.6) is 28.7 Å². The Labute approximate surface area is 305 Å². The van der Waals surface area contributed by atoms with Crippen LogP contribution < -0.4 is 43.8 Å². The maximum Gasteiger partial charge on any atom is 0.463 e. The molecule has 0 saturated carbocycles. The van der Waals surface area contributed by atoms with Crippen LogP contribution in [0.1, 0.15) is 0 Å². The molecule has 0 saturated heterocycles. The second kappa shape index (κ2) is 11.9. The van der Waals surface area contributed by atoms with Gasteiger partial charge in [0.25, 0.3) is 0 Å². The fourth-order valence-electron chi connectivity index (χ4n) is 7.13. The molecule has 258 valence electrons. The highest BCUT2D eigenvalue weighted by molar-refractivity contribution is 7.75. The summed E-state index contributed by atoms with van der Waals surface area (Å²) in [5.41, 5.74) is 4.47. The van der Waals surface area contributed by atoms with Crippen molar-refractivity contribution in [2.75, 3.05) is 0 Å². The number of hydrogen-bond donors (Lipinski definition) is 0. The lowest BCUT2D eigenvalue weighted by Gasteiger charge is -2.32. The molecule has 3 unspecified atom stereocenters. The van der Waals surface area contributed by atoms with E-state index in [1.54, 1.807) is 72.8 Å². The van der Waals surface area contributed by atoms with Crippen molar-refractivity contribution in [1.82, 2.24) is 0 Å². The summed E-state index contributed by atoms with van der Waals surface area (Å²) in [4.78, 5) is 0. The van der Waals surface area contributed by atoms with E-state index in [0.29, 0.717) is 44.3 Å². The second-order valence-electron chi connectivity index (χ2n) is 12.7. The molecular formula is C42H27O8P3. The van der Waals surface area contributed by atoms with E-state index in [1.807, 2.05) is 72.8 Å². The summed E-state index contributed by atoms with van der Waals surface area (Å²) in [5.74, 6) is 1.27. The molecule has 11 heteroatoms. The molecule has 0 radical (unpaired) electrons. The second-order valence-corrected chi connectivity index (χ2v) is 18.6. The van der Waals surface area contributed by atoms with Crippen molar-refractivity contribution in [3.8, 4) is 62.1 Å². The highest BCUT2D eigenvalue weighted by atomic mass is 31.2. The Morgan fingerprint density at radius 1 is 0.358 bits per heavy atom. The molecule has 3 aliphatic rings. The topological polar surface area (TPSA) is 97.4 Å². The Balaban J connectivity index is 1.14. The van der Waals surface area contributed by atoms with Crippen LogP contribution in [0.15, 0.2) is 164 Å². The fourth-order valence-corrected chi connectivity index (χ4v) is 13.2. The van der Waals surface area contributed by atoms with Crippen LogP contribution in [0.2, 0.25) is 0 Å². The van der Waals surface area contributed by atoms with E-state index in [9.17, 15) is 4.57 Å². The predicted molar refractivity (Wildman–Crippen MR) is 207 cm³/mol. The van der Waals surface area contributed by atoms with E-state index in [2.05, 4.69) is 0 Å². The van der Waals surface area contributed by atoms with Crippen LogP contribution in [0.3, 0.4) is 0 Å². The van der Waals surface area contributed by atoms with Gasteiger partial charge in [0.15, 0.2) is 0 Å². The molecule has 7 aromatic carbocycles. The van der Waals surface area contributed by atoms with Crippen LogP contribution in [-0.2, 0) is 13.7 Å². The minimum absolute atomic E-state index is 0.0130. The van der Waals surface area contributed by atoms with E-state index in [0.717, 1.165) is 22.3 Å². The number of hydrogen-bond acceptors (Lipinski definition) is 8. The van der Waals surface area contributed by atoms with Gasteiger partial charge < -0.3 is 22.6 Å². The van der Waals surface area contributed by atoms with Gasteiger partial charge >= 0.3 is 22.6 Å². The average molecular weight is 753 g/mol. The van der Waals surface area contributed by atoms with Crippen molar-refractivity contribution in [3.63, 3.8) is 0 Å². The molecule has 8 nitrogen and oxygen atoms in total. The highest BCUT2D eigenvalue weighted by Gasteiger charge is 2.45. The largest absolute Gasteiger partial charge is 0.463 e. The lowest BCUT2D eigenvalue weighted by molar-refractivity contribution is 0.393. The van der Waals surface area contributed by atoms with Gasteiger partial charge in [0.2, 0.25) is 0 Å². The standard InChI is InChI=1S/C42H27O8P3/c43-51(39-22-10-4-16-32(39)29-13-1-7-19-35(29)47-51)42-27-28(46-52(44)40-23-11-5-17-33(40)30-14-2-8-20-36(30)48-52)25-26-38(42)50-53(45)41-24-12-6-18-34(41)31-15-3-9-21-37(31)49-53/h1-27H. The summed E-state index contributed by atoms with van der Waals surface area (Å²) < 4.78 is 77.2. The maximum atomic E-state index is 15.7. The van der Waals surface area contributed by atoms with Gasteiger partial charge in [-0.2, -0.15) is 0 Å². The predicted octanol–water partition coefficient (Wildman–Crippen LogP) is 9.89. The average Bonchev–Trinajstić information content (AvgIpc) is 3.19. The summed E-state index contributed by atoms with van der Waals surface area (Å²) in [6.45, 7) is 0. The van der Waals surface area contributed by atoms with Gasteiger partial charge in [-0.1, -0.05) is 109 Å². The molecule has 0 spiro atoms. The minimum atomic E-state index is -4.16. The van der Waals surface area contributed by atoms with Crippen LogP contribution >= 0.6 is 22.6 Å². The van der Waals surface area contributed by atoms with Crippen molar-refractivity contribution in [1.29, 1.82) is 0 Å². The Morgan fingerprint density at radius 3 is 1.28 bits per heavy atom. The zero-order chi connectivity index (χ0) is 35.8. The molecule has 3 atom stereocenters. The molecule has 53 heavy (non-hydrogen) atoms. The van der Waals surface area contributed by atoms with Crippen molar-refractivity contribution < 1.29 is 36.3 Å². The van der Waals surface area contributed by atoms with Gasteiger partial charge in [-0.3, -0.25) is 4.57 Å². The number of rotatable bonds is 5. The molecule has 0 fully saturated rings. The first-order valence-electron chi connectivity index (χ1n) is 16.8. The molecule has 0 aliphatic carbocycles. The summed E-state index contributed by atoms with van der Waals surface area (Å²) in [6, 6.07) is 48.1. The van der Waals surface area contributed by atoms with E-state index < -0.39 is 22.6 Å². The minimum Gasteiger partial charge on any atom is -0.436 e. The third kappa shape index (κ3) is 5.02. The first kappa shape index (κ1) is 31.9. The normalized spacial score (nSPS) is 21.4. The number of fused-ring (bicyclic) bond motifs is 9. The first-order valence-corrected chi connectivity index (χ1v) is 21.5. The SMILES string of the molecule is O=P1(Oc2ccc(OP3(=O)Oc4ccccc4-c4ccccc43)c(P3(=O)Oc4ccccc4-c4ccccc43)c2)Oc2ccccc2-c2ccccc21. The van der Waals surface area contributed by atoms with Gasteiger partial charge in [0.1, 0.15) is 28.7 Å². The highest BCUT2D eigenvalue weighted by Crippen LogP contribution is 2.61. The quantitative estimate of drug-likeness (QED) is 0.160. The molecule has 0 amide bonds. The van der Waals surface area contributed by atoms with Gasteiger partial charge in [-0.15, -0.1) is 0 Å². The van der Waals surface area contributed by atoms with Gasteiger partial charge in [0.05, 0.1) is 21.2 Å². The Hall–Kier alpha value is -5.77. The molecule has 0 N–H and O–H groups in total. The smallest absolute Gasteiger partial charge is 0.436 e. The van der Waals surface area contributed by atoms with Crippen molar-refractivity contribution >= 4 is 43.8 Å². The Morgan fingerprint density at radius 2 is 0.755 bits per heavy atom. The summed E-state index contributed by atoms with van der Waals surface area (Å²) in [6.07, 6.45) is 0.